The summed E-state index contributed by atoms with van der Waals surface area (Å²) in [5.74, 6) is 2.54. The van der Waals surface area contributed by atoms with Gasteiger partial charge < -0.3 is 19.9 Å². The molecule has 8 heteroatoms. The minimum atomic E-state index is 0.0766. The number of anilines is 2. The van der Waals surface area contributed by atoms with E-state index in [2.05, 4.69) is 26.2 Å². The molecule has 8 nitrogen and oxygen atoms in total. The van der Waals surface area contributed by atoms with Crippen LogP contribution in [0.3, 0.4) is 0 Å². The minimum Gasteiger partial charge on any atom is -0.496 e. The van der Waals surface area contributed by atoms with Gasteiger partial charge in [0.05, 0.1) is 12.7 Å². The number of benzene rings is 1. The quantitative estimate of drug-likeness (QED) is 0.621. The van der Waals surface area contributed by atoms with E-state index in [0.717, 1.165) is 70.3 Å². The number of amides is 1. The zero-order valence-electron chi connectivity index (χ0n) is 22.3. The van der Waals surface area contributed by atoms with E-state index in [1.54, 1.807) is 7.11 Å². The zero-order chi connectivity index (χ0) is 25.5. The van der Waals surface area contributed by atoms with Crippen LogP contribution in [0.2, 0.25) is 0 Å². The van der Waals surface area contributed by atoms with E-state index in [0.29, 0.717) is 23.4 Å². The average molecular weight is 507 g/mol. The minimum absolute atomic E-state index is 0.0766. The predicted molar refractivity (Wildman–Crippen MR) is 147 cm³/mol. The summed E-state index contributed by atoms with van der Waals surface area (Å²) in [6, 6.07) is 10.4. The van der Waals surface area contributed by atoms with Gasteiger partial charge in [0.15, 0.2) is 0 Å². The number of rotatable bonds is 6. The maximum atomic E-state index is 13.1. The second-order valence-corrected chi connectivity index (χ2v) is 10.7. The first-order chi connectivity index (χ1) is 18.2. The molecular weight excluding hydrogens is 464 g/mol. The summed E-state index contributed by atoms with van der Waals surface area (Å²) >= 11 is 0. The van der Waals surface area contributed by atoms with Crippen molar-refractivity contribution in [3.63, 3.8) is 0 Å². The number of hydrogen-bond acceptors (Lipinski definition) is 7. The van der Waals surface area contributed by atoms with Crippen molar-refractivity contribution in [2.75, 3.05) is 56.6 Å². The summed E-state index contributed by atoms with van der Waals surface area (Å²) in [6.07, 6.45) is 12.6. The molecule has 1 unspecified atom stereocenters. The van der Waals surface area contributed by atoms with Crippen LogP contribution in [0.4, 0.5) is 11.8 Å². The lowest BCUT2D eigenvalue weighted by atomic mass is 10.0. The molecule has 4 heterocycles. The Hall–Kier alpha value is -2.87. The van der Waals surface area contributed by atoms with Crippen molar-refractivity contribution >= 4 is 17.7 Å². The monoisotopic (exact) mass is 506 g/mol. The Kier molecular flexibility index (Phi) is 8.76. The average Bonchev–Trinajstić information content (AvgIpc) is 3.36. The van der Waals surface area contributed by atoms with E-state index in [4.69, 9.17) is 9.72 Å². The molecule has 0 radical (unpaired) electrons. The van der Waals surface area contributed by atoms with Gasteiger partial charge >= 0.3 is 0 Å². The Bertz CT molecular complexity index is 1020. The summed E-state index contributed by atoms with van der Waals surface area (Å²) in [4.78, 5) is 29.7. The number of para-hydroxylation sites is 1. The van der Waals surface area contributed by atoms with Crippen molar-refractivity contribution < 1.29 is 9.53 Å². The third-order valence-electron chi connectivity index (χ3n) is 8.21. The Morgan fingerprint density at radius 3 is 2.46 bits per heavy atom. The summed E-state index contributed by atoms with van der Waals surface area (Å²) in [6.45, 7) is 5.88. The van der Waals surface area contributed by atoms with Crippen LogP contribution in [0.5, 0.6) is 5.75 Å². The van der Waals surface area contributed by atoms with Gasteiger partial charge in [0.25, 0.3) is 5.91 Å². The van der Waals surface area contributed by atoms with Crippen LogP contribution in [-0.4, -0.2) is 84.1 Å². The van der Waals surface area contributed by atoms with Gasteiger partial charge in [0.1, 0.15) is 11.6 Å². The number of piperidine rings is 1. The number of nitrogens with zero attached hydrogens (tertiary/aromatic N) is 5. The first-order valence-electron chi connectivity index (χ1n) is 14.2. The highest BCUT2D eigenvalue weighted by Crippen LogP contribution is 2.26. The van der Waals surface area contributed by atoms with E-state index in [-0.39, 0.29) is 5.91 Å². The van der Waals surface area contributed by atoms with Crippen molar-refractivity contribution in [3.05, 3.63) is 42.1 Å². The van der Waals surface area contributed by atoms with Crippen LogP contribution in [0.1, 0.15) is 68.1 Å². The maximum absolute atomic E-state index is 13.1. The molecule has 0 bridgehead atoms. The van der Waals surface area contributed by atoms with Gasteiger partial charge in [-0.15, -0.1) is 0 Å². The molecule has 1 aromatic carbocycles. The van der Waals surface area contributed by atoms with Crippen LogP contribution >= 0.6 is 0 Å². The molecule has 3 aliphatic rings. The van der Waals surface area contributed by atoms with Crippen molar-refractivity contribution in [2.45, 2.75) is 69.9 Å². The lowest BCUT2D eigenvalue weighted by Gasteiger charge is -2.39. The van der Waals surface area contributed by atoms with Crippen molar-refractivity contribution in [2.24, 2.45) is 0 Å². The molecule has 1 N–H and O–H groups in total. The van der Waals surface area contributed by atoms with E-state index in [1.807, 2.05) is 35.4 Å². The molecule has 200 valence electrons. The smallest absolute Gasteiger partial charge is 0.257 e. The molecule has 3 aliphatic heterocycles. The second-order valence-electron chi connectivity index (χ2n) is 10.7. The number of likely N-dealkylation sites (tertiary alicyclic amines) is 2. The van der Waals surface area contributed by atoms with Gasteiger partial charge in [-0.3, -0.25) is 9.69 Å². The normalized spacial score (nSPS) is 22.2. The molecule has 0 spiro atoms. The molecule has 1 amide bonds. The predicted octanol–water partition coefficient (Wildman–Crippen LogP) is 4.44. The third-order valence-corrected chi connectivity index (χ3v) is 8.21. The molecule has 5 rings (SSSR count). The van der Waals surface area contributed by atoms with Crippen molar-refractivity contribution in [3.8, 4) is 5.75 Å². The maximum Gasteiger partial charge on any atom is 0.257 e. The highest BCUT2D eigenvalue weighted by atomic mass is 16.5. The van der Waals surface area contributed by atoms with Gasteiger partial charge in [0.2, 0.25) is 5.95 Å². The molecule has 1 aromatic heterocycles. The molecular formula is C29H42N6O2. The number of carbonyl (C=O) groups excluding carboxylic acids is 1. The summed E-state index contributed by atoms with van der Waals surface area (Å²) in [7, 11) is 1.62. The number of ether oxygens (including phenoxy) is 1. The Morgan fingerprint density at radius 1 is 0.919 bits per heavy atom. The molecule has 2 aromatic rings. The molecule has 37 heavy (non-hydrogen) atoms. The Balaban J connectivity index is 1.17. The van der Waals surface area contributed by atoms with Crippen molar-refractivity contribution in [1.29, 1.82) is 0 Å². The van der Waals surface area contributed by atoms with Gasteiger partial charge in [-0.2, -0.15) is 4.98 Å². The highest BCUT2D eigenvalue weighted by Gasteiger charge is 2.30. The molecule has 0 aliphatic carbocycles. The zero-order valence-corrected chi connectivity index (χ0v) is 22.3. The SMILES string of the molecule is COc1ccccc1C(=O)N1CCC(N2CCCCC(Nc3nccc(N4CCCCCC4)n3)C2)CC1. The first-order valence-corrected chi connectivity index (χ1v) is 14.2. The lowest BCUT2D eigenvalue weighted by molar-refractivity contribution is 0.0616. The van der Waals surface area contributed by atoms with E-state index in [9.17, 15) is 4.79 Å². The fourth-order valence-corrected chi connectivity index (χ4v) is 6.12. The number of hydrogen-bond donors (Lipinski definition) is 1. The van der Waals surface area contributed by atoms with Gasteiger partial charge in [-0.05, 0) is 63.3 Å². The van der Waals surface area contributed by atoms with Crippen LogP contribution < -0.4 is 15.0 Å². The fourth-order valence-electron chi connectivity index (χ4n) is 6.12. The summed E-state index contributed by atoms with van der Waals surface area (Å²) in [5.41, 5.74) is 0.657. The third kappa shape index (κ3) is 6.53. The van der Waals surface area contributed by atoms with Gasteiger partial charge in [-0.25, -0.2) is 4.98 Å². The number of nitrogens with one attached hydrogen (secondary N) is 1. The second kappa shape index (κ2) is 12.6. The van der Waals surface area contributed by atoms with Crippen LogP contribution in [-0.2, 0) is 0 Å². The number of aromatic nitrogens is 2. The summed E-state index contributed by atoms with van der Waals surface area (Å²) < 4.78 is 5.42. The molecule has 0 saturated carbocycles. The van der Waals surface area contributed by atoms with E-state index in [1.165, 1.54) is 38.5 Å². The summed E-state index contributed by atoms with van der Waals surface area (Å²) in [5, 5.41) is 3.68. The molecule has 1 atom stereocenters. The largest absolute Gasteiger partial charge is 0.496 e. The molecule has 3 saturated heterocycles. The van der Waals surface area contributed by atoms with E-state index >= 15 is 0 Å². The number of carbonyl (C=O) groups is 1. The van der Waals surface area contributed by atoms with Gasteiger partial charge in [-0.1, -0.05) is 31.4 Å². The van der Waals surface area contributed by atoms with Gasteiger partial charge in [0, 0.05) is 51.0 Å². The topological polar surface area (TPSA) is 73.8 Å². The lowest BCUT2D eigenvalue weighted by Crippen LogP contribution is -2.49. The molecule has 3 fully saturated rings. The Morgan fingerprint density at radius 2 is 1.68 bits per heavy atom. The van der Waals surface area contributed by atoms with Crippen LogP contribution in [0.25, 0.3) is 0 Å². The van der Waals surface area contributed by atoms with Crippen molar-refractivity contribution in [1.82, 2.24) is 19.8 Å². The standard InChI is InChI=1S/C29H42N6O2/c1-37-26-12-5-4-11-25(26)28(36)34-20-14-24(15-21-34)35-19-9-6-10-23(22-35)31-29-30-16-13-27(32-29)33-17-7-2-3-8-18-33/h4-5,11-13,16,23-24H,2-3,6-10,14-15,17-22H2,1H3,(H,30,31,32). The van der Waals surface area contributed by atoms with Crippen LogP contribution in [0, 0.1) is 0 Å². The fraction of sp³-hybridized carbons (Fsp3) is 0.621. The first kappa shape index (κ1) is 25.8. The van der Waals surface area contributed by atoms with E-state index < -0.39 is 0 Å². The highest BCUT2D eigenvalue weighted by molar-refractivity contribution is 5.97. The Labute approximate surface area is 221 Å². The number of methoxy groups -OCH3 is 1. The van der Waals surface area contributed by atoms with Crippen LogP contribution in [0.15, 0.2) is 36.5 Å².